The molecule has 94 valence electrons. The Kier molecular flexibility index (Phi) is 2.85. The van der Waals surface area contributed by atoms with Crippen LogP contribution in [-0.4, -0.2) is 31.1 Å². The van der Waals surface area contributed by atoms with E-state index in [1.165, 1.54) is 6.33 Å². The first-order chi connectivity index (χ1) is 9.34. The van der Waals surface area contributed by atoms with Crippen LogP contribution >= 0.6 is 0 Å². The molecule has 7 nitrogen and oxygen atoms in total. The third-order valence-corrected chi connectivity index (χ3v) is 2.62. The molecule has 0 saturated heterocycles. The van der Waals surface area contributed by atoms with Gasteiger partial charge in [-0.1, -0.05) is 6.07 Å². The number of benzene rings is 1. The number of para-hydroxylation sites is 1. The van der Waals surface area contributed by atoms with Crippen LogP contribution in [0.5, 0.6) is 0 Å². The summed E-state index contributed by atoms with van der Waals surface area (Å²) in [7, 11) is 0. The van der Waals surface area contributed by atoms with Gasteiger partial charge in [0.15, 0.2) is 0 Å². The molecule has 1 amide bonds. The number of hydrogen-bond donors (Lipinski definition) is 2. The smallest absolute Gasteiger partial charge is 0.253 e. The lowest BCUT2D eigenvalue weighted by molar-refractivity contribution is 0.0951. The zero-order chi connectivity index (χ0) is 13.1. The van der Waals surface area contributed by atoms with Gasteiger partial charge in [-0.2, -0.15) is 5.10 Å². The van der Waals surface area contributed by atoms with Crippen molar-refractivity contribution in [2.45, 2.75) is 6.54 Å². The van der Waals surface area contributed by atoms with E-state index in [-0.39, 0.29) is 12.5 Å². The standard InChI is InChI=1S/C12H10N6O/c19-12(15-6-10-16-7-17-18-10)8-2-1-3-9-11(8)14-5-4-13-9/h1-5,7H,6H2,(H,15,19)(H,16,17,18). The van der Waals surface area contributed by atoms with Crippen molar-refractivity contribution < 1.29 is 4.79 Å². The van der Waals surface area contributed by atoms with Gasteiger partial charge in [-0.05, 0) is 12.1 Å². The van der Waals surface area contributed by atoms with E-state index in [0.29, 0.717) is 22.4 Å². The molecule has 19 heavy (non-hydrogen) atoms. The highest BCUT2D eigenvalue weighted by Gasteiger charge is 2.11. The summed E-state index contributed by atoms with van der Waals surface area (Å²) in [6.45, 7) is 0.287. The minimum Gasteiger partial charge on any atom is -0.345 e. The molecule has 0 unspecified atom stereocenters. The van der Waals surface area contributed by atoms with Crippen molar-refractivity contribution >= 4 is 16.9 Å². The Morgan fingerprint density at radius 1 is 1.21 bits per heavy atom. The number of aromatic amines is 1. The van der Waals surface area contributed by atoms with E-state index >= 15 is 0 Å². The molecule has 3 rings (SSSR count). The lowest BCUT2D eigenvalue weighted by atomic mass is 10.1. The Morgan fingerprint density at radius 3 is 2.95 bits per heavy atom. The normalized spacial score (nSPS) is 10.5. The first-order valence-electron chi connectivity index (χ1n) is 5.67. The van der Waals surface area contributed by atoms with E-state index < -0.39 is 0 Å². The van der Waals surface area contributed by atoms with Crippen molar-refractivity contribution in [2.24, 2.45) is 0 Å². The SMILES string of the molecule is O=C(NCc1ncn[nH]1)c1cccc2nccnc12. The van der Waals surface area contributed by atoms with Crippen LogP contribution < -0.4 is 5.32 Å². The second-order valence-electron chi connectivity index (χ2n) is 3.84. The topological polar surface area (TPSA) is 96.5 Å². The van der Waals surface area contributed by atoms with Gasteiger partial charge < -0.3 is 5.32 Å². The molecule has 0 radical (unpaired) electrons. The van der Waals surface area contributed by atoms with E-state index in [2.05, 4.69) is 30.5 Å². The molecule has 1 aromatic carbocycles. The largest absolute Gasteiger partial charge is 0.345 e. The predicted molar refractivity (Wildman–Crippen MR) is 67.1 cm³/mol. The van der Waals surface area contributed by atoms with Crippen molar-refractivity contribution in [1.82, 2.24) is 30.5 Å². The van der Waals surface area contributed by atoms with Gasteiger partial charge >= 0.3 is 0 Å². The molecule has 2 aromatic heterocycles. The highest BCUT2D eigenvalue weighted by Crippen LogP contribution is 2.13. The number of nitrogens with zero attached hydrogens (tertiary/aromatic N) is 4. The van der Waals surface area contributed by atoms with Gasteiger partial charge in [0.1, 0.15) is 17.7 Å². The summed E-state index contributed by atoms with van der Waals surface area (Å²) in [5, 5.41) is 9.14. The number of carbonyl (C=O) groups excluding carboxylic acids is 1. The van der Waals surface area contributed by atoms with E-state index in [0.717, 1.165) is 0 Å². The summed E-state index contributed by atoms with van der Waals surface area (Å²) in [5.74, 6) is 0.377. The van der Waals surface area contributed by atoms with E-state index in [1.807, 2.05) is 6.07 Å². The van der Waals surface area contributed by atoms with Crippen LogP contribution in [0.15, 0.2) is 36.9 Å². The van der Waals surface area contributed by atoms with E-state index in [4.69, 9.17) is 0 Å². The third-order valence-electron chi connectivity index (χ3n) is 2.62. The van der Waals surface area contributed by atoms with Gasteiger partial charge in [0.25, 0.3) is 5.91 Å². The van der Waals surface area contributed by atoms with Crippen LogP contribution in [0.3, 0.4) is 0 Å². The number of nitrogens with one attached hydrogen (secondary N) is 2. The van der Waals surface area contributed by atoms with Crippen LogP contribution in [0.25, 0.3) is 11.0 Å². The number of H-pyrrole nitrogens is 1. The first-order valence-corrected chi connectivity index (χ1v) is 5.67. The Morgan fingerprint density at radius 2 is 2.11 bits per heavy atom. The summed E-state index contributed by atoms with van der Waals surface area (Å²) in [4.78, 5) is 24.4. The van der Waals surface area contributed by atoms with Crippen LogP contribution in [0.2, 0.25) is 0 Å². The van der Waals surface area contributed by atoms with Crippen molar-refractivity contribution in [3.05, 3.63) is 48.3 Å². The highest BCUT2D eigenvalue weighted by molar-refractivity contribution is 6.04. The first kappa shape index (κ1) is 11.3. The summed E-state index contributed by atoms with van der Waals surface area (Å²) in [5.41, 5.74) is 1.76. The average Bonchev–Trinajstić information content (AvgIpc) is 2.97. The van der Waals surface area contributed by atoms with Gasteiger partial charge in [0.05, 0.1) is 17.6 Å². The molecule has 0 atom stereocenters. The maximum atomic E-state index is 12.1. The zero-order valence-corrected chi connectivity index (χ0v) is 9.87. The molecular formula is C12H10N6O. The number of fused-ring (bicyclic) bond motifs is 1. The van der Waals surface area contributed by atoms with E-state index in [1.54, 1.807) is 24.5 Å². The Hall–Kier alpha value is -2.83. The van der Waals surface area contributed by atoms with E-state index in [9.17, 15) is 4.79 Å². The fourth-order valence-electron chi connectivity index (χ4n) is 1.75. The number of aromatic nitrogens is 5. The van der Waals surface area contributed by atoms with Crippen molar-refractivity contribution in [3.63, 3.8) is 0 Å². The summed E-state index contributed by atoms with van der Waals surface area (Å²) in [6, 6.07) is 5.31. The van der Waals surface area contributed by atoms with Gasteiger partial charge in [0.2, 0.25) is 0 Å². The molecule has 0 bridgehead atoms. The summed E-state index contributed by atoms with van der Waals surface area (Å²) in [6.07, 6.45) is 4.55. The number of rotatable bonds is 3. The molecule has 2 N–H and O–H groups in total. The molecule has 0 fully saturated rings. The predicted octanol–water partition coefficient (Wildman–Crippen LogP) is 0.678. The highest BCUT2D eigenvalue weighted by atomic mass is 16.1. The lowest BCUT2D eigenvalue weighted by Crippen LogP contribution is -2.23. The molecule has 0 spiro atoms. The minimum atomic E-state index is -0.220. The monoisotopic (exact) mass is 254 g/mol. The second kappa shape index (κ2) is 4.81. The number of amides is 1. The number of carbonyl (C=O) groups is 1. The maximum Gasteiger partial charge on any atom is 0.253 e. The molecule has 3 aromatic rings. The van der Waals surface area contributed by atoms with Crippen molar-refractivity contribution in [1.29, 1.82) is 0 Å². The van der Waals surface area contributed by atoms with Crippen LogP contribution in [0, 0.1) is 0 Å². The zero-order valence-electron chi connectivity index (χ0n) is 9.87. The third kappa shape index (κ3) is 2.25. The molecule has 0 saturated carbocycles. The van der Waals surface area contributed by atoms with Crippen LogP contribution in [0.1, 0.15) is 16.2 Å². The molecule has 0 aliphatic rings. The molecule has 0 aliphatic carbocycles. The van der Waals surface area contributed by atoms with Gasteiger partial charge in [0, 0.05) is 12.4 Å². The van der Waals surface area contributed by atoms with Crippen LogP contribution in [-0.2, 0) is 6.54 Å². The second-order valence-corrected chi connectivity index (χ2v) is 3.84. The maximum absolute atomic E-state index is 12.1. The fourth-order valence-corrected chi connectivity index (χ4v) is 1.75. The Balaban J connectivity index is 1.85. The summed E-state index contributed by atoms with van der Waals surface area (Å²) < 4.78 is 0. The molecule has 2 heterocycles. The van der Waals surface area contributed by atoms with Gasteiger partial charge in [-0.15, -0.1) is 0 Å². The van der Waals surface area contributed by atoms with Gasteiger partial charge in [-0.25, -0.2) is 4.98 Å². The quantitative estimate of drug-likeness (QED) is 0.716. The lowest BCUT2D eigenvalue weighted by Gasteiger charge is -2.05. The summed E-state index contributed by atoms with van der Waals surface area (Å²) >= 11 is 0. The number of hydrogen-bond acceptors (Lipinski definition) is 5. The molecule has 0 aliphatic heterocycles. The minimum absolute atomic E-state index is 0.220. The average molecular weight is 254 g/mol. The molecule has 7 heteroatoms. The molecular weight excluding hydrogens is 244 g/mol. The Bertz CT molecular complexity index is 704. The van der Waals surface area contributed by atoms with Gasteiger partial charge in [-0.3, -0.25) is 19.9 Å². The van der Waals surface area contributed by atoms with Crippen molar-refractivity contribution in [2.75, 3.05) is 0 Å². The Labute approximate surface area is 108 Å². The fraction of sp³-hybridized carbons (Fsp3) is 0.0833. The van der Waals surface area contributed by atoms with Crippen molar-refractivity contribution in [3.8, 4) is 0 Å². The van der Waals surface area contributed by atoms with Crippen LogP contribution in [0.4, 0.5) is 0 Å².